The average Bonchev–Trinajstić information content (AvgIpc) is 2.69. The topological polar surface area (TPSA) is 67.2 Å². The number of rotatable bonds is 14. The van der Waals surface area contributed by atoms with E-state index in [-0.39, 0.29) is 12.2 Å². The Bertz CT molecular complexity index is 695. The molecule has 0 saturated heterocycles. The molecule has 0 aliphatic carbocycles. The van der Waals surface area contributed by atoms with E-state index in [1.165, 1.54) is 18.3 Å². The highest BCUT2D eigenvalue weighted by molar-refractivity contribution is 6.41. The van der Waals surface area contributed by atoms with Crippen molar-refractivity contribution < 1.29 is 14.3 Å². The monoisotopic (exact) mass is 419 g/mol. The van der Waals surface area contributed by atoms with Crippen LogP contribution in [0, 0.1) is 11.3 Å². The molecule has 29 heavy (non-hydrogen) atoms. The first-order chi connectivity index (χ1) is 13.7. The molecule has 0 aliphatic rings. The van der Waals surface area contributed by atoms with Crippen molar-refractivity contribution in [2.24, 2.45) is 0 Å². The van der Waals surface area contributed by atoms with E-state index >= 15 is 0 Å². The summed E-state index contributed by atoms with van der Waals surface area (Å²) in [5.41, 5.74) is 4.36. The lowest BCUT2D eigenvalue weighted by Crippen LogP contribution is -2.25. The molecule has 160 valence electrons. The second kappa shape index (κ2) is 15.8. The Labute approximate surface area is 181 Å². The van der Waals surface area contributed by atoms with Crippen LogP contribution < -0.4 is 0 Å². The number of nitrogens with zero attached hydrogens (tertiary/aromatic N) is 1. The normalized spacial score (nSPS) is 13.6. The van der Waals surface area contributed by atoms with Crippen LogP contribution in [0.15, 0.2) is 47.1 Å². The van der Waals surface area contributed by atoms with Gasteiger partial charge in [-0.05, 0) is 65.7 Å². The summed E-state index contributed by atoms with van der Waals surface area (Å²) in [4.78, 5) is 23.1. The van der Waals surface area contributed by atoms with E-state index in [9.17, 15) is 14.9 Å². The highest BCUT2D eigenvalue weighted by atomic mass is 35.5. The van der Waals surface area contributed by atoms with Crippen molar-refractivity contribution in [3.8, 4) is 6.07 Å². The number of hydrogen-bond donors (Lipinski definition) is 0. The number of halogens is 1. The van der Waals surface area contributed by atoms with E-state index < -0.39 is 11.3 Å². The van der Waals surface area contributed by atoms with Crippen LogP contribution in [0.4, 0.5) is 0 Å². The number of alkyl halides is 1. The molecular weight excluding hydrogens is 386 g/mol. The van der Waals surface area contributed by atoms with Gasteiger partial charge in [0, 0.05) is 12.0 Å². The van der Waals surface area contributed by atoms with E-state index in [0.717, 1.165) is 43.3 Å². The summed E-state index contributed by atoms with van der Waals surface area (Å²) in [6.07, 6.45) is 12.3. The van der Waals surface area contributed by atoms with E-state index in [1.54, 1.807) is 0 Å². The van der Waals surface area contributed by atoms with Gasteiger partial charge < -0.3 is 4.74 Å². The molecule has 4 nitrogen and oxygen atoms in total. The molecule has 0 aromatic heterocycles. The van der Waals surface area contributed by atoms with Crippen molar-refractivity contribution in [2.75, 3.05) is 7.11 Å². The van der Waals surface area contributed by atoms with Crippen molar-refractivity contribution in [1.29, 1.82) is 5.26 Å². The van der Waals surface area contributed by atoms with Gasteiger partial charge >= 0.3 is 5.97 Å². The van der Waals surface area contributed by atoms with Gasteiger partial charge in [0.2, 0.25) is 0 Å². The van der Waals surface area contributed by atoms with Gasteiger partial charge in [0.1, 0.15) is 0 Å². The van der Waals surface area contributed by atoms with Crippen LogP contribution in [0.3, 0.4) is 0 Å². The Morgan fingerprint density at radius 1 is 0.966 bits per heavy atom. The number of ketones is 1. The van der Waals surface area contributed by atoms with Gasteiger partial charge in [-0.15, -0.1) is 18.2 Å². The molecule has 0 saturated carbocycles. The lowest BCUT2D eigenvalue weighted by molar-refractivity contribution is -0.142. The molecule has 0 bridgehead atoms. The fraction of sp³-hybridized carbons (Fsp3) is 0.542. The minimum absolute atomic E-state index is 0.198. The molecule has 0 aliphatic heterocycles. The Hall–Kier alpha value is -2.12. The lowest BCUT2D eigenvalue weighted by Gasteiger charge is -2.06. The van der Waals surface area contributed by atoms with Gasteiger partial charge in [-0.2, -0.15) is 5.26 Å². The maximum atomic E-state index is 11.8. The number of Topliss-reactive ketones (excluding diaryl/α,β-unsaturated/α-hetero) is 1. The number of allylic oxidation sites excluding steroid dienone is 7. The van der Waals surface area contributed by atoms with Crippen molar-refractivity contribution in [1.82, 2.24) is 0 Å². The summed E-state index contributed by atoms with van der Waals surface area (Å²) >= 11 is 5.75. The second-order valence-electron chi connectivity index (χ2n) is 7.37. The van der Waals surface area contributed by atoms with Gasteiger partial charge in [-0.3, -0.25) is 4.79 Å². The second-order valence-corrected chi connectivity index (χ2v) is 7.80. The minimum Gasteiger partial charge on any atom is -0.468 e. The predicted molar refractivity (Wildman–Crippen MR) is 120 cm³/mol. The molecule has 1 unspecified atom stereocenters. The minimum atomic E-state index is -1.24. The molecule has 0 heterocycles. The third kappa shape index (κ3) is 13.7. The maximum absolute atomic E-state index is 11.8. The summed E-state index contributed by atoms with van der Waals surface area (Å²) in [5.74, 6) is -1.06. The van der Waals surface area contributed by atoms with Gasteiger partial charge in [0.15, 0.2) is 11.2 Å². The van der Waals surface area contributed by atoms with Crippen LogP contribution in [0.1, 0.15) is 72.1 Å². The summed E-state index contributed by atoms with van der Waals surface area (Å²) < 4.78 is 4.47. The van der Waals surface area contributed by atoms with E-state index in [1.807, 2.05) is 26.0 Å². The van der Waals surface area contributed by atoms with Crippen LogP contribution in [0.5, 0.6) is 0 Å². The molecule has 0 spiro atoms. The molecule has 1 atom stereocenters. The number of nitriles is 1. The quantitative estimate of drug-likeness (QED) is 0.108. The molecule has 5 heteroatoms. The lowest BCUT2D eigenvalue weighted by atomic mass is 10.0. The molecule has 0 aromatic carbocycles. The summed E-state index contributed by atoms with van der Waals surface area (Å²) in [7, 11) is 1.21. The van der Waals surface area contributed by atoms with Crippen molar-refractivity contribution in [3.05, 3.63) is 47.1 Å². The van der Waals surface area contributed by atoms with E-state index in [2.05, 4.69) is 30.4 Å². The number of esters is 1. The summed E-state index contributed by atoms with van der Waals surface area (Å²) in [6.45, 7) is 10.0. The number of carbonyl (C=O) groups excluding carboxylic acids is 2. The Morgan fingerprint density at radius 3 is 2.07 bits per heavy atom. The number of ether oxygens (including phenoxy) is 1. The van der Waals surface area contributed by atoms with Gasteiger partial charge in [0.25, 0.3) is 0 Å². The first-order valence-electron chi connectivity index (χ1n) is 10.0. The summed E-state index contributed by atoms with van der Waals surface area (Å²) in [6, 6.07) is 2.27. The van der Waals surface area contributed by atoms with Crippen LogP contribution in [-0.4, -0.2) is 24.2 Å². The SMILES string of the molecule is C=C(C)CC/C=C(\C)CC/C=C(\C#N)CC/C=C(\C)CCC(=O)C(Cl)C(=O)OC. The van der Waals surface area contributed by atoms with Crippen molar-refractivity contribution in [3.63, 3.8) is 0 Å². The zero-order chi connectivity index (χ0) is 22.2. The van der Waals surface area contributed by atoms with Crippen LogP contribution in [0.2, 0.25) is 0 Å². The largest absolute Gasteiger partial charge is 0.468 e. The van der Waals surface area contributed by atoms with Crippen molar-refractivity contribution in [2.45, 2.75) is 77.5 Å². The van der Waals surface area contributed by atoms with Crippen LogP contribution >= 0.6 is 11.6 Å². The third-order valence-electron chi connectivity index (χ3n) is 4.50. The smallest absolute Gasteiger partial charge is 0.331 e. The van der Waals surface area contributed by atoms with Crippen LogP contribution in [0.25, 0.3) is 0 Å². The highest BCUT2D eigenvalue weighted by Gasteiger charge is 2.23. The number of methoxy groups -OCH3 is 1. The molecule has 0 rings (SSSR count). The molecule has 0 fully saturated rings. The third-order valence-corrected chi connectivity index (χ3v) is 4.92. The van der Waals surface area contributed by atoms with E-state index in [0.29, 0.717) is 12.8 Å². The fourth-order valence-electron chi connectivity index (χ4n) is 2.60. The zero-order valence-corrected chi connectivity index (χ0v) is 19.0. The standard InChI is InChI=1S/C24H34ClNO3/c1-18(2)9-6-10-19(3)11-7-13-21(17-26)14-8-12-20(4)15-16-22(27)23(25)24(28)29-5/h10,12-13,23H,1,6-9,11,14-16H2,2-5H3/b19-10+,20-12+,21-13-. The number of carbonyl (C=O) groups is 2. The van der Waals surface area contributed by atoms with Gasteiger partial charge in [0.05, 0.1) is 13.2 Å². The first kappa shape index (κ1) is 26.9. The zero-order valence-electron chi connectivity index (χ0n) is 18.2. The van der Waals surface area contributed by atoms with Crippen LogP contribution in [-0.2, 0) is 14.3 Å². The molecule has 0 aromatic rings. The number of hydrogen-bond acceptors (Lipinski definition) is 4. The summed E-state index contributed by atoms with van der Waals surface area (Å²) in [5, 5.41) is 8.07. The Kier molecular flexibility index (Phi) is 14.6. The predicted octanol–water partition coefficient (Wildman–Crippen LogP) is 6.38. The van der Waals surface area contributed by atoms with Gasteiger partial charge in [-0.1, -0.05) is 34.9 Å². The molecular formula is C24H34ClNO3. The van der Waals surface area contributed by atoms with E-state index in [4.69, 9.17) is 11.6 Å². The van der Waals surface area contributed by atoms with Gasteiger partial charge in [-0.25, -0.2) is 4.79 Å². The molecule has 0 amide bonds. The first-order valence-corrected chi connectivity index (χ1v) is 10.4. The Morgan fingerprint density at radius 2 is 1.52 bits per heavy atom. The molecule has 0 radical (unpaired) electrons. The van der Waals surface area contributed by atoms with Crippen molar-refractivity contribution >= 4 is 23.4 Å². The Balaban J connectivity index is 4.33. The maximum Gasteiger partial charge on any atom is 0.331 e. The highest BCUT2D eigenvalue weighted by Crippen LogP contribution is 2.15. The fourth-order valence-corrected chi connectivity index (χ4v) is 2.80. The average molecular weight is 420 g/mol. The molecule has 0 N–H and O–H groups in total.